The van der Waals surface area contributed by atoms with Crippen LogP contribution in [0.4, 0.5) is 0 Å². The van der Waals surface area contributed by atoms with Crippen molar-refractivity contribution >= 4 is 0 Å². The monoisotopic (exact) mass is 136 g/mol. The standard InChI is InChI=1S/C7H10N3/c1-3-6(2)7-9-4-8-5-10-7/h4,6H,3H2,1-2H3. The van der Waals surface area contributed by atoms with Crippen LogP contribution < -0.4 is 0 Å². The molecule has 0 bridgehead atoms. The van der Waals surface area contributed by atoms with E-state index in [4.69, 9.17) is 0 Å². The van der Waals surface area contributed by atoms with E-state index in [-0.39, 0.29) is 0 Å². The van der Waals surface area contributed by atoms with Crippen molar-refractivity contribution in [2.45, 2.75) is 26.2 Å². The molecule has 1 radical (unpaired) electrons. The Hall–Kier alpha value is -0.990. The van der Waals surface area contributed by atoms with Gasteiger partial charge in [0, 0.05) is 5.92 Å². The zero-order valence-electron chi connectivity index (χ0n) is 6.20. The molecule has 1 aromatic rings. The maximum absolute atomic E-state index is 4.00. The molecule has 10 heavy (non-hydrogen) atoms. The zero-order chi connectivity index (χ0) is 7.40. The first-order valence-corrected chi connectivity index (χ1v) is 3.39. The van der Waals surface area contributed by atoms with Crippen molar-refractivity contribution in [1.82, 2.24) is 15.0 Å². The third-order valence-electron chi connectivity index (χ3n) is 1.52. The molecule has 0 saturated heterocycles. The maximum atomic E-state index is 4.00. The highest BCUT2D eigenvalue weighted by Gasteiger charge is 2.03. The first-order valence-electron chi connectivity index (χ1n) is 3.39. The molecular weight excluding hydrogens is 126 g/mol. The second kappa shape index (κ2) is 3.25. The van der Waals surface area contributed by atoms with Crippen LogP contribution in [0.1, 0.15) is 32.0 Å². The zero-order valence-corrected chi connectivity index (χ0v) is 6.20. The fourth-order valence-electron chi connectivity index (χ4n) is 0.643. The summed E-state index contributed by atoms with van der Waals surface area (Å²) in [5, 5.41) is 0. The summed E-state index contributed by atoms with van der Waals surface area (Å²) in [6.45, 7) is 4.19. The van der Waals surface area contributed by atoms with Crippen LogP contribution in [0.25, 0.3) is 0 Å². The van der Waals surface area contributed by atoms with E-state index in [9.17, 15) is 0 Å². The predicted octanol–water partition coefficient (Wildman–Crippen LogP) is 1.19. The minimum atomic E-state index is 0.416. The molecule has 1 atom stereocenters. The van der Waals surface area contributed by atoms with Gasteiger partial charge in [0.2, 0.25) is 6.33 Å². The molecule has 1 unspecified atom stereocenters. The third kappa shape index (κ3) is 1.50. The first-order chi connectivity index (χ1) is 4.84. The van der Waals surface area contributed by atoms with Gasteiger partial charge in [-0.05, 0) is 6.42 Å². The molecule has 0 amide bonds. The Bertz CT molecular complexity index is 185. The van der Waals surface area contributed by atoms with Gasteiger partial charge in [0.15, 0.2) is 0 Å². The summed E-state index contributed by atoms with van der Waals surface area (Å²) in [6, 6.07) is 0. The van der Waals surface area contributed by atoms with Crippen LogP contribution in [0.5, 0.6) is 0 Å². The van der Waals surface area contributed by atoms with E-state index in [1.54, 1.807) is 0 Å². The van der Waals surface area contributed by atoms with Crippen molar-refractivity contribution in [1.29, 1.82) is 0 Å². The largest absolute Gasteiger partial charge is 0.221 e. The molecule has 0 saturated carbocycles. The van der Waals surface area contributed by atoms with E-state index in [0.29, 0.717) is 5.92 Å². The lowest BCUT2D eigenvalue weighted by molar-refractivity contribution is 0.669. The molecule has 3 nitrogen and oxygen atoms in total. The molecule has 0 aromatic carbocycles. The van der Waals surface area contributed by atoms with Gasteiger partial charge in [0.1, 0.15) is 12.2 Å². The third-order valence-corrected chi connectivity index (χ3v) is 1.52. The van der Waals surface area contributed by atoms with Gasteiger partial charge in [-0.15, -0.1) is 0 Å². The summed E-state index contributed by atoms with van der Waals surface area (Å²) >= 11 is 0. The van der Waals surface area contributed by atoms with Crippen molar-refractivity contribution in [3.63, 3.8) is 0 Å². The van der Waals surface area contributed by atoms with Gasteiger partial charge < -0.3 is 0 Å². The van der Waals surface area contributed by atoms with Crippen molar-refractivity contribution in [3.05, 3.63) is 18.5 Å². The fraction of sp³-hybridized carbons (Fsp3) is 0.571. The van der Waals surface area contributed by atoms with Crippen molar-refractivity contribution < 1.29 is 0 Å². The molecule has 1 heterocycles. The molecule has 1 aromatic heterocycles. The number of aromatic nitrogens is 3. The second-order valence-corrected chi connectivity index (χ2v) is 2.25. The van der Waals surface area contributed by atoms with Gasteiger partial charge in [0.05, 0.1) is 0 Å². The second-order valence-electron chi connectivity index (χ2n) is 2.25. The predicted molar refractivity (Wildman–Crippen MR) is 37.4 cm³/mol. The van der Waals surface area contributed by atoms with E-state index in [0.717, 1.165) is 12.2 Å². The highest BCUT2D eigenvalue weighted by atomic mass is 15.0. The molecule has 53 valence electrons. The number of hydrogen-bond acceptors (Lipinski definition) is 3. The molecule has 0 spiro atoms. The van der Waals surface area contributed by atoms with Crippen LogP contribution in [0.15, 0.2) is 6.33 Å². The van der Waals surface area contributed by atoms with Gasteiger partial charge in [0.25, 0.3) is 0 Å². The van der Waals surface area contributed by atoms with Crippen LogP contribution in [-0.2, 0) is 0 Å². The van der Waals surface area contributed by atoms with Gasteiger partial charge in [-0.25, -0.2) is 15.0 Å². The van der Waals surface area contributed by atoms with Crippen LogP contribution in [0.2, 0.25) is 0 Å². The maximum Gasteiger partial charge on any atom is 0.201 e. The van der Waals surface area contributed by atoms with Crippen molar-refractivity contribution in [2.24, 2.45) is 0 Å². The number of rotatable bonds is 2. The fourth-order valence-corrected chi connectivity index (χ4v) is 0.643. The highest BCUT2D eigenvalue weighted by molar-refractivity contribution is 4.89. The summed E-state index contributed by atoms with van der Waals surface area (Å²) < 4.78 is 0. The Kier molecular flexibility index (Phi) is 2.31. The topological polar surface area (TPSA) is 38.7 Å². The lowest BCUT2D eigenvalue weighted by Gasteiger charge is -2.02. The summed E-state index contributed by atoms with van der Waals surface area (Å²) in [6.07, 6.45) is 5.05. The first kappa shape index (κ1) is 7.12. The normalized spacial score (nSPS) is 13.0. The summed E-state index contributed by atoms with van der Waals surface area (Å²) in [4.78, 5) is 11.5. The molecule has 0 aliphatic rings. The van der Waals surface area contributed by atoms with Gasteiger partial charge >= 0.3 is 0 Å². The average Bonchev–Trinajstić information content (AvgIpc) is 2.05. The molecule has 3 heteroatoms. The lowest BCUT2D eigenvalue weighted by Crippen LogP contribution is -1.99. The Morgan fingerprint density at radius 3 is 3.00 bits per heavy atom. The van der Waals surface area contributed by atoms with E-state index >= 15 is 0 Å². The Balaban J connectivity index is 2.75. The highest BCUT2D eigenvalue weighted by Crippen LogP contribution is 2.11. The molecule has 0 fully saturated rings. The molecule has 0 aliphatic heterocycles. The molecule has 1 rings (SSSR count). The summed E-state index contributed by atoms with van der Waals surface area (Å²) in [5.41, 5.74) is 0. The molecular formula is C7H10N3. The van der Waals surface area contributed by atoms with E-state index in [2.05, 4.69) is 35.1 Å². The molecule has 0 N–H and O–H groups in total. The van der Waals surface area contributed by atoms with Crippen LogP contribution in [-0.4, -0.2) is 15.0 Å². The van der Waals surface area contributed by atoms with E-state index < -0.39 is 0 Å². The Morgan fingerprint density at radius 1 is 1.70 bits per heavy atom. The van der Waals surface area contributed by atoms with Crippen LogP contribution >= 0.6 is 0 Å². The number of hydrogen-bond donors (Lipinski definition) is 0. The molecule has 0 aliphatic carbocycles. The summed E-state index contributed by atoms with van der Waals surface area (Å²) in [7, 11) is 0. The van der Waals surface area contributed by atoms with Gasteiger partial charge in [-0.2, -0.15) is 0 Å². The average molecular weight is 136 g/mol. The number of nitrogens with zero attached hydrogens (tertiary/aromatic N) is 3. The lowest BCUT2D eigenvalue weighted by atomic mass is 10.1. The quantitative estimate of drug-likeness (QED) is 0.613. The Labute approximate surface area is 60.6 Å². The minimum Gasteiger partial charge on any atom is -0.221 e. The van der Waals surface area contributed by atoms with Crippen LogP contribution in [0, 0.1) is 6.33 Å². The minimum absolute atomic E-state index is 0.416. The smallest absolute Gasteiger partial charge is 0.201 e. The van der Waals surface area contributed by atoms with Gasteiger partial charge in [-0.3, -0.25) is 0 Å². The van der Waals surface area contributed by atoms with Gasteiger partial charge in [-0.1, -0.05) is 13.8 Å². The van der Waals surface area contributed by atoms with Crippen molar-refractivity contribution in [2.75, 3.05) is 0 Å². The SMILES string of the molecule is CCC(C)c1n[c]ncn1. The van der Waals surface area contributed by atoms with Crippen molar-refractivity contribution in [3.8, 4) is 0 Å². The Morgan fingerprint density at radius 2 is 2.50 bits per heavy atom. The van der Waals surface area contributed by atoms with E-state index in [1.807, 2.05) is 0 Å². The van der Waals surface area contributed by atoms with Crippen LogP contribution in [0.3, 0.4) is 0 Å². The summed E-state index contributed by atoms with van der Waals surface area (Å²) in [5.74, 6) is 1.25. The van der Waals surface area contributed by atoms with E-state index in [1.165, 1.54) is 6.33 Å².